The third-order valence-corrected chi connectivity index (χ3v) is 3.28. The second-order valence-electron chi connectivity index (χ2n) is 3.59. The molecule has 2 rings (SSSR count). The van der Waals surface area contributed by atoms with Crippen LogP contribution >= 0.6 is 23.4 Å². The number of nitrogens with one attached hydrogen (secondary N) is 3. The van der Waals surface area contributed by atoms with Crippen molar-refractivity contribution in [2.45, 2.75) is 5.16 Å². The number of rotatable bonds is 4. The fourth-order valence-corrected chi connectivity index (χ4v) is 1.94. The predicted molar refractivity (Wildman–Crippen MR) is 74.2 cm³/mol. The summed E-state index contributed by atoms with van der Waals surface area (Å²) < 4.78 is 0. The Morgan fingerprint density at radius 3 is 2.65 bits per heavy atom. The van der Waals surface area contributed by atoms with Gasteiger partial charge in [0.05, 0.1) is 5.75 Å². The summed E-state index contributed by atoms with van der Waals surface area (Å²) in [4.78, 5) is 27.0. The molecule has 0 aliphatic heterocycles. The van der Waals surface area contributed by atoms with E-state index >= 15 is 0 Å². The van der Waals surface area contributed by atoms with Crippen molar-refractivity contribution < 1.29 is 9.59 Å². The standard InChI is InChI=1S/C11H10ClN5O2S/c12-8-3-1-7(2-4-8)10(19)16-15-9(18)5-20-11-13-6-14-17-11/h1-4,6H,5H2,(H,15,18)(H,16,19)(H,13,14,17). The van der Waals surface area contributed by atoms with Gasteiger partial charge in [0.15, 0.2) is 5.16 Å². The van der Waals surface area contributed by atoms with Gasteiger partial charge in [-0.3, -0.25) is 25.5 Å². The van der Waals surface area contributed by atoms with Crippen molar-refractivity contribution in [2.75, 3.05) is 5.75 Å². The Kier molecular flexibility index (Phi) is 4.97. The molecule has 20 heavy (non-hydrogen) atoms. The normalized spacial score (nSPS) is 10.1. The van der Waals surface area contributed by atoms with Crippen LogP contribution < -0.4 is 10.9 Å². The monoisotopic (exact) mass is 311 g/mol. The van der Waals surface area contributed by atoms with Gasteiger partial charge in [0, 0.05) is 10.6 Å². The highest BCUT2D eigenvalue weighted by molar-refractivity contribution is 7.99. The van der Waals surface area contributed by atoms with E-state index in [4.69, 9.17) is 11.6 Å². The van der Waals surface area contributed by atoms with Crippen LogP contribution in [0, 0.1) is 0 Å². The average molecular weight is 312 g/mol. The Hall–Kier alpha value is -2.06. The average Bonchev–Trinajstić information content (AvgIpc) is 2.96. The second kappa shape index (κ2) is 6.92. The number of hydrogen-bond acceptors (Lipinski definition) is 5. The Balaban J connectivity index is 1.75. The highest BCUT2D eigenvalue weighted by Crippen LogP contribution is 2.10. The predicted octanol–water partition coefficient (Wildman–Crippen LogP) is 1.01. The van der Waals surface area contributed by atoms with Crippen LogP contribution in [0.15, 0.2) is 35.7 Å². The van der Waals surface area contributed by atoms with E-state index in [1.54, 1.807) is 24.3 Å². The minimum absolute atomic E-state index is 0.107. The van der Waals surface area contributed by atoms with Gasteiger partial charge in [0.25, 0.3) is 5.91 Å². The lowest BCUT2D eigenvalue weighted by molar-refractivity contribution is -0.119. The number of carbonyl (C=O) groups excluding carboxylic acids is 2. The van der Waals surface area contributed by atoms with E-state index in [1.807, 2.05) is 0 Å². The fourth-order valence-electron chi connectivity index (χ4n) is 1.23. The molecule has 7 nitrogen and oxygen atoms in total. The number of benzene rings is 1. The largest absolute Gasteiger partial charge is 0.272 e. The molecular formula is C11H10ClN5O2S. The van der Waals surface area contributed by atoms with Crippen LogP contribution in [-0.2, 0) is 4.79 Å². The molecule has 2 amide bonds. The molecule has 0 bridgehead atoms. The molecule has 0 unspecified atom stereocenters. The zero-order valence-electron chi connectivity index (χ0n) is 10.1. The van der Waals surface area contributed by atoms with Crippen LogP contribution in [0.4, 0.5) is 0 Å². The summed E-state index contributed by atoms with van der Waals surface area (Å²) in [7, 11) is 0. The first-order chi connectivity index (χ1) is 9.65. The smallest absolute Gasteiger partial charge is 0.269 e. The van der Waals surface area contributed by atoms with Gasteiger partial charge in [-0.1, -0.05) is 23.4 Å². The fraction of sp³-hybridized carbons (Fsp3) is 0.0909. The van der Waals surface area contributed by atoms with Crippen LogP contribution in [-0.4, -0.2) is 32.7 Å². The van der Waals surface area contributed by atoms with E-state index in [0.29, 0.717) is 15.7 Å². The highest BCUT2D eigenvalue weighted by Gasteiger charge is 2.08. The van der Waals surface area contributed by atoms with Gasteiger partial charge in [-0.15, -0.1) is 0 Å². The molecule has 0 aliphatic carbocycles. The minimum atomic E-state index is -0.417. The van der Waals surface area contributed by atoms with Gasteiger partial charge < -0.3 is 0 Å². The summed E-state index contributed by atoms with van der Waals surface area (Å²) >= 11 is 6.89. The number of amides is 2. The van der Waals surface area contributed by atoms with Crippen molar-refractivity contribution in [3.63, 3.8) is 0 Å². The van der Waals surface area contributed by atoms with Crippen LogP contribution in [0.3, 0.4) is 0 Å². The Bertz CT molecular complexity index is 587. The van der Waals surface area contributed by atoms with Crippen LogP contribution in [0.1, 0.15) is 10.4 Å². The van der Waals surface area contributed by atoms with Crippen molar-refractivity contribution in [1.29, 1.82) is 0 Å². The van der Waals surface area contributed by atoms with Gasteiger partial charge in [-0.05, 0) is 24.3 Å². The summed E-state index contributed by atoms with van der Waals surface area (Å²) in [5.41, 5.74) is 5.01. The molecule has 2 aromatic rings. The molecule has 1 aromatic carbocycles. The van der Waals surface area contributed by atoms with Gasteiger partial charge in [0.2, 0.25) is 5.91 Å². The summed E-state index contributed by atoms with van der Waals surface area (Å²) in [6, 6.07) is 6.32. The number of aromatic nitrogens is 3. The SMILES string of the molecule is O=C(CSc1ncn[nH]1)NNC(=O)c1ccc(Cl)cc1. The topological polar surface area (TPSA) is 99.8 Å². The van der Waals surface area contributed by atoms with E-state index in [-0.39, 0.29) is 11.7 Å². The van der Waals surface area contributed by atoms with E-state index < -0.39 is 5.91 Å². The highest BCUT2D eigenvalue weighted by atomic mass is 35.5. The van der Waals surface area contributed by atoms with Crippen molar-refractivity contribution >= 4 is 35.2 Å². The van der Waals surface area contributed by atoms with Gasteiger partial charge in [-0.2, -0.15) is 5.10 Å². The molecule has 0 fully saturated rings. The maximum atomic E-state index is 11.7. The van der Waals surface area contributed by atoms with Gasteiger partial charge >= 0.3 is 0 Å². The molecule has 1 heterocycles. The number of hydrazine groups is 1. The zero-order chi connectivity index (χ0) is 14.4. The lowest BCUT2D eigenvalue weighted by Crippen LogP contribution is -2.42. The van der Waals surface area contributed by atoms with E-state index in [1.165, 1.54) is 18.1 Å². The first-order valence-electron chi connectivity index (χ1n) is 5.48. The molecule has 0 spiro atoms. The molecule has 0 atom stereocenters. The van der Waals surface area contributed by atoms with E-state index in [9.17, 15) is 9.59 Å². The number of aromatic amines is 1. The molecule has 0 aliphatic rings. The lowest BCUT2D eigenvalue weighted by atomic mass is 10.2. The number of nitrogens with zero attached hydrogens (tertiary/aromatic N) is 2. The van der Waals surface area contributed by atoms with Crippen molar-refractivity contribution in [1.82, 2.24) is 26.0 Å². The Morgan fingerprint density at radius 2 is 2.00 bits per heavy atom. The van der Waals surface area contributed by atoms with Crippen LogP contribution in [0.5, 0.6) is 0 Å². The minimum Gasteiger partial charge on any atom is -0.272 e. The number of thioether (sulfide) groups is 1. The summed E-state index contributed by atoms with van der Waals surface area (Å²) in [6.07, 6.45) is 1.35. The lowest BCUT2D eigenvalue weighted by Gasteiger charge is -2.06. The first kappa shape index (κ1) is 14.4. The van der Waals surface area contributed by atoms with Crippen LogP contribution in [0.25, 0.3) is 0 Å². The quantitative estimate of drug-likeness (QED) is 0.578. The van der Waals surface area contributed by atoms with Gasteiger partial charge in [-0.25, -0.2) is 4.98 Å². The summed E-state index contributed by atoms with van der Waals surface area (Å²) in [5.74, 6) is -0.663. The van der Waals surface area contributed by atoms with E-state index in [0.717, 1.165) is 0 Å². The van der Waals surface area contributed by atoms with Crippen LogP contribution in [0.2, 0.25) is 5.02 Å². The third kappa shape index (κ3) is 4.25. The Morgan fingerprint density at radius 1 is 1.25 bits per heavy atom. The molecule has 104 valence electrons. The molecule has 0 radical (unpaired) electrons. The molecule has 0 saturated heterocycles. The maximum Gasteiger partial charge on any atom is 0.269 e. The van der Waals surface area contributed by atoms with Crippen molar-refractivity contribution in [3.05, 3.63) is 41.2 Å². The van der Waals surface area contributed by atoms with Gasteiger partial charge in [0.1, 0.15) is 6.33 Å². The molecule has 0 saturated carbocycles. The molecule has 3 N–H and O–H groups in total. The van der Waals surface area contributed by atoms with E-state index in [2.05, 4.69) is 26.0 Å². The summed E-state index contributed by atoms with van der Waals surface area (Å²) in [5, 5.41) is 7.33. The zero-order valence-corrected chi connectivity index (χ0v) is 11.7. The first-order valence-corrected chi connectivity index (χ1v) is 6.84. The molecule has 9 heteroatoms. The van der Waals surface area contributed by atoms with Crippen molar-refractivity contribution in [2.24, 2.45) is 0 Å². The summed E-state index contributed by atoms with van der Waals surface area (Å²) in [6.45, 7) is 0. The number of H-pyrrole nitrogens is 1. The van der Waals surface area contributed by atoms with Crippen molar-refractivity contribution in [3.8, 4) is 0 Å². The molecular weight excluding hydrogens is 302 g/mol. The maximum absolute atomic E-state index is 11.7. The number of hydrogen-bond donors (Lipinski definition) is 3. The number of halogens is 1. The number of carbonyl (C=O) groups is 2. The third-order valence-electron chi connectivity index (χ3n) is 2.15. The Labute approximate surface area is 123 Å². The second-order valence-corrected chi connectivity index (χ2v) is 4.99. The molecule has 1 aromatic heterocycles.